The van der Waals surface area contributed by atoms with Gasteiger partial charge in [0.1, 0.15) is 12.1 Å². The van der Waals surface area contributed by atoms with Gasteiger partial charge < -0.3 is 30.5 Å². The van der Waals surface area contributed by atoms with E-state index in [4.69, 9.17) is 9.47 Å². The number of carbonyl (C=O) groups excluding carboxylic acids is 4. The Balaban J connectivity index is 1.96. The van der Waals surface area contributed by atoms with Crippen LogP contribution >= 0.6 is 0 Å². The number of aliphatic hydroxyl groups is 1. The molecule has 288 valence electrons. The molecule has 1 aromatic heterocycles. The Morgan fingerprint density at radius 1 is 0.717 bits per heavy atom. The molecule has 4 unspecified atom stereocenters. The van der Waals surface area contributed by atoms with Crippen LogP contribution in [0.4, 0.5) is 9.59 Å². The number of aromatic nitrogens is 1. The molecule has 13 heteroatoms. The van der Waals surface area contributed by atoms with Gasteiger partial charge in [-0.25, -0.2) is 14.6 Å². The summed E-state index contributed by atoms with van der Waals surface area (Å²) in [5.74, 6) is -1.02. The van der Waals surface area contributed by atoms with Gasteiger partial charge in [-0.15, -0.1) is 0 Å². The van der Waals surface area contributed by atoms with Crippen LogP contribution < -0.4 is 21.4 Å². The molecule has 0 radical (unpaired) electrons. The fraction of sp³-hybridized carbons (Fsp3) is 0.475. The zero-order valence-electron chi connectivity index (χ0n) is 32.1. The number of nitrogens with one attached hydrogen (secondary N) is 4. The van der Waals surface area contributed by atoms with Crippen LogP contribution in [0.15, 0.2) is 79.0 Å². The Hall–Kier alpha value is -5.01. The van der Waals surface area contributed by atoms with Crippen molar-refractivity contribution < 1.29 is 33.8 Å². The standard InChI is InChI=1S/C40H56N6O7/c1-9-52-37(50)43-33(39(3,4)5)35(48)42-31(24-27-16-12-11-13-17-27)32(47)26-46(45-36(49)34(40(6,7)8)44-38(51)53-10-2)25-28-19-21-29(22-20-28)30-18-14-15-23-41-30/h11-23,31-34,47H,9-10,24-26H2,1-8H3,(H,42,48)(H,43,50)(H,44,51)(H,45,49). The monoisotopic (exact) mass is 732 g/mol. The maximum absolute atomic E-state index is 13.9. The van der Waals surface area contributed by atoms with Gasteiger partial charge in [0.15, 0.2) is 0 Å². The topological polar surface area (TPSA) is 171 Å². The number of benzene rings is 2. The van der Waals surface area contributed by atoms with Gasteiger partial charge in [-0.05, 0) is 54.4 Å². The average Bonchev–Trinajstić information content (AvgIpc) is 3.09. The van der Waals surface area contributed by atoms with E-state index in [0.717, 1.165) is 22.4 Å². The molecule has 2 aromatic carbocycles. The molecule has 13 nitrogen and oxygen atoms in total. The van der Waals surface area contributed by atoms with Crippen molar-refractivity contribution in [2.24, 2.45) is 10.8 Å². The van der Waals surface area contributed by atoms with E-state index in [1.165, 1.54) is 0 Å². The van der Waals surface area contributed by atoms with Crippen LogP contribution in [0.5, 0.6) is 0 Å². The second-order valence-corrected chi connectivity index (χ2v) is 15.0. The predicted octanol–water partition coefficient (Wildman–Crippen LogP) is 4.99. The summed E-state index contributed by atoms with van der Waals surface area (Å²) in [4.78, 5) is 57.1. The Bertz CT molecular complexity index is 1610. The second kappa shape index (κ2) is 19.7. The third-order valence-electron chi connectivity index (χ3n) is 8.39. The minimum Gasteiger partial charge on any atom is -0.450 e. The van der Waals surface area contributed by atoms with Gasteiger partial charge in [0, 0.05) is 24.8 Å². The number of hydrogen-bond donors (Lipinski definition) is 5. The van der Waals surface area contributed by atoms with Crippen molar-refractivity contribution in [3.8, 4) is 11.3 Å². The molecule has 0 bridgehead atoms. The van der Waals surface area contributed by atoms with E-state index in [-0.39, 0.29) is 32.7 Å². The van der Waals surface area contributed by atoms with Crippen molar-refractivity contribution in [2.45, 2.75) is 92.6 Å². The lowest BCUT2D eigenvalue weighted by atomic mass is 9.85. The van der Waals surface area contributed by atoms with Crippen LogP contribution in [0.25, 0.3) is 11.3 Å². The number of pyridine rings is 1. The molecule has 3 rings (SSSR count). The Labute approximate surface area is 313 Å². The van der Waals surface area contributed by atoms with Crippen molar-refractivity contribution in [1.82, 2.24) is 31.4 Å². The molecule has 0 saturated heterocycles. The van der Waals surface area contributed by atoms with E-state index in [0.29, 0.717) is 0 Å². The van der Waals surface area contributed by atoms with E-state index in [2.05, 4.69) is 26.4 Å². The second-order valence-electron chi connectivity index (χ2n) is 15.0. The zero-order valence-corrected chi connectivity index (χ0v) is 32.1. The maximum atomic E-state index is 13.9. The van der Waals surface area contributed by atoms with Crippen LogP contribution in [0.2, 0.25) is 0 Å². The minimum atomic E-state index is -1.22. The predicted molar refractivity (Wildman–Crippen MR) is 203 cm³/mol. The summed E-state index contributed by atoms with van der Waals surface area (Å²) in [6.45, 7) is 14.6. The first-order valence-electron chi connectivity index (χ1n) is 18.0. The zero-order chi connectivity index (χ0) is 39.2. The van der Waals surface area contributed by atoms with Gasteiger partial charge >= 0.3 is 12.2 Å². The highest BCUT2D eigenvalue weighted by Crippen LogP contribution is 2.23. The van der Waals surface area contributed by atoms with E-state index >= 15 is 0 Å². The number of rotatable bonds is 16. The SMILES string of the molecule is CCOC(=O)NC(C(=O)NC(Cc1ccccc1)C(O)CN(Cc1ccc(-c2ccccn2)cc1)NC(=O)C(NC(=O)OCC)C(C)(C)C)C(C)(C)C. The highest BCUT2D eigenvalue weighted by atomic mass is 16.6. The molecular formula is C40H56N6O7. The van der Waals surface area contributed by atoms with Crippen LogP contribution in [0.1, 0.15) is 66.5 Å². The molecule has 0 aliphatic rings. The van der Waals surface area contributed by atoms with Crippen molar-refractivity contribution >= 4 is 24.0 Å². The lowest BCUT2D eigenvalue weighted by Gasteiger charge is -2.35. The molecule has 5 N–H and O–H groups in total. The molecule has 3 aromatic rings. The molecule has 0 saturated carbocycles. The van der Waals surface area contributed by atoms with E-state index in [1.807, 2.05) is 114 Å². The molecule has 0 fully saturated rings. The van der Waals surface area contributed by atoms with Gasteiger partial charge in [-0.2, -0.15) is 0 Å². The van der Waals surface area contributed by atoms with Crippen LogP contribution in [0.3, 0.4) is 0 Å². The molecule has 4 atom stereocenters. The third kappa shape index (κ3) is 13.8. The minimum absolute atomic E-state index is 0.118. The summed E-state index contributed by atoms with van der Waals surface area (Å²) in [7, 11) is 0. The fourth-order valence-corrected chi connectivity index (χ4v) is 5.61. The first-order valence-corrected chi connectivity index (χ1v) is 18.0. The van der Waals surface area contributed by atoms with E-state index in [9.17, 15) is 24.3 Å². The number of ether oxygens (including phenoxy) is 2. The van der Waals surface area contributed by atoms with Crippen molar-refractivity contribution in [3.05, 3.63) is 90.1 Å². The lowest BCUT2D eigenvalue weighted by Crippen LogP contribution is -2.61. The van der Waals surface area contributed by atoms with Crippen LogP contribution in [0, 0.1) is 10.8 Å². The maximum Gasteiger partial charge on any atom is 0.407 e. The normalized spacial score (nSPS) is 13.9. The van der Waals surface area contributed by atoms with Gasteiger partial charge in [-0.3, -0.25) is 20.0 Å². The summed E-state index contributed by atoms with van der Waals surface area (Å²) in [5.41, 5.74) is 4.91. The van der Waals surface area contributed by atoms with E-state index in [1.54, 1.807) is 25.1 Å². The third-order valence-corrected chi connectivity index (χ3v) is 8.39. The number of hydrogen-bond acceptors (Lipinski definition) is 9. The molecule has 0 spiro atoms. The van der Waals surface area contributed by atoms with Gasteiger partial charge in [0.05, 0.1) is 31.1 Å². The van der Waals surface area contributed by atoms with Gasteiger partial charge in [-0.1, -0.05) is 102 Å². The number of nitrogens with zero attached hydrogens (tertiary/aromatic N) is 2. The number of amides is 4. The summed E-state index contributed by atoms with van der Waals surface area (Å²) in [5, 5.41) is 21.8. The van der Waals surface area contributed by atoms with Crippen LogP contribution in [-0.2, 0) is 32.0 Å². The summed E-state index contributed by atoms with van der Waals surface area (Å²) >= 11 is 0. The summed E-state index contributed by atoms with van der Waals surface area (Å²) in [6.07, 6.45) is -0.703. The molecule has 0 aliphatic carbocycles. The quantitative estimate of drug-likeness (QED) is 0.127. The molecule has 53 heavy (non-hydrogen) atoms. The first-order chi connectivity index (χ1) is 25.0. The fourth-order valence-electron chi connectivity index (χ4n) is 5.61. The Morgan fingerprint density at radius 2 is 1.26 bits per heavy atom. The smallest absolute Gasteiger partial charge is 0.407 e. The Kier molecular flexibility index (Phi) is 15.8. The molecular weight excluding hydrogens is 676 g/mol. The highest BCUT2D eigenvalue weighted by Gasteiger charge is 2.37. The Morgan fingerprint density at radius 3 is 1.77 bits per heavy atom. The number of aliphatic hydroxyl groups excluding tert-OH is 1. The molecule has 4 amide bonds. The van der Waals surface area contributed by atoms with Crippen molar-refractivity contribution in [1.29, 1.82) is 0 Å². The number of alkyl carbamates (subject to hydrolysis) is 2. The summed E-state index contributed by atoms with van der Waals surface area (Å²) < 4.78 is 10.1. The van der Waals surface area contributed by atoms with Crippen molar-refractivity contribution in [2.75, 3.05) is 19.8 Å². The van der Waals surface area contributed by atoms with Crippen molar-refractivity contribution in [3.63, 3.8) is 0 Å². The van der Waals surface area contributed by atoms with E-state index < -0.39 is 59.1 Å². The molecule has 0 aliphatic heterocycles. The average molecular weight is 733 g/mol. The molecule has 1 heterocycles. The number of carbonyl (C=O) groups is 4. The first kappa shape index (κ1) is 42.4. The summed E-state index contributed by atoms with van der Waals surface area (Å²) in [6, 6.07) is 19.9. The lowest BCUT2D eigenvalue weighted by molar-refractivity contribution is -0.132. The van der Waals surface area contributed by atoms with Crippen LogP contribution in [-0.4, -0.2) is 83.1 Å². The van der Waals surface area contributed by atoms with Gasteiger partial charge in [0.2, 0.25) is 5.91 Å². The number of hydrazine groups is 1. The largest absolute Gasteiger partial charge is 0.450 e. The van der Waals surface area contributed by atoms with Gasteiger partial charge in [0.25, 0.3) is 5.91 Å². The highest BCUT2D eigenvalue weighted by molar-refractivity contribution is 5.87.